The quantitative estimate of drug-likeness (QED) is 0.869. The highest BCUT2D eigenvalue weighted by Gasteiger charge is 2.40. The molecule has 0 unspecified atom stereocenters. The van der Waals surface area contributed by atoms with Crippen LogP contribution in [0, 0.1) is 11.8 Å². The summed E-state index contributed by atoms with van der Waals surface area (Å²) in [6, 6.07) is 17.5. The van der Waals surface area contributed by atoms with E-state index in [2.05, 4.69) is 5.32 Å². The average Bonchev–Trinajstić information content (AvgIpc) is 3.15. The summed E-state index contributed by atoms with van der Waals surface area (Å²) < 4.78 is 5.76. The van der Waals surface area contributed by atoms with Crippen molar-refractivity contribution in [1.29, 1.82) is 0 Å². The van der Waals surface area contributed by atoms with Crippen molar-refractivity contribution in [3.05, 3.63) is 65.7 Å². The molecule has 3 atom stereocenters. The van der Waals surface area contributed by atoms with Crippen molar-refractivity contribution in [2.24, 2.45) is 11.8 Å². The van der Waals surface area contributed by atoms with Crippen LogP contribution in [-0.4, -0.2) is 36.3 Å². The van der Waals surface area contributed by atoms with E-state index in [1.54, 1.807) is 0 Å². The Balaban J connectivity index is 1.34. The molecule has 1 saturated carbocycles. The van der Waals surface area contributed by atoms with E-state index in [0.29, 0.717) is 30.4 Å². The molecule has 5 heteroatoms. The van der Waals surface area contributed by atoms with Gasteiger partial charge >= 0.3 is 0 Å². The highest BCUT2D eigenvalue weighted by Crippen LogP contribution is 2.38. The van der Waals surface area contributed by atoms with Crippen LogP contribution in [0.25, 0.3) is 0 Å². The molecule has 2 fully saturated rings. The van der Waals surface area contributed by atoms with Crippen LogP contribution in [0.5, 0.6) is 5.75 Å². The van der Waals surface area contributed by atoms with E-state index in [1.807, 2.05) is 66.5 Å². The van der Waals surface area contributed by atoms with Gasteiger partial charge in [-0.1, -0.05) is 30.3 Å². The summed E-state index contributed by atoms with van der Waals surface area (Å²) >= 11 is 0. The number of carbonyl (C=O) groups excluding carboxylic acids is 2. The normalized spacial score (nSPS) is 23.6. The second-order valence-electron chi connectivity index (χ2n) is 7.87. The SMILES string of the molecule is CN(C(=O)c1ccc(COc2ccccc2)cc1)[C@H]1C[C@H]2CNC(=O)C[C@H]2C1. The van der Waals surface area contributed by atoms with Crippen molar-refractivity contribution in [1.82, 2.24) is 10.2 Å². The first-order valence-electron chi connectivity index (χ1n) is 9.91. The highest BCUT2D eigenvalue weighted by atomic mass is 16.5. The fourth-order valence-corrected chi connectivity index (χ4v) is 4.35. The zero-order valence-electron chi connectivity index (χ0n) is 16.1. The first-order chi connectivity index (χ1) is 13.6. The van der Waals surface area contributed by atoms with Gasteiger partial charge in [0, 0.05) is 31.6 Å². The molecule has 5 nitrogen and oxygen atoms in total. The Morgan fingerprint density at radius 2 is 1.79 bits per heavy atom. The molecule has 2 aromatic rings. The predicted octanol–water partition coefficient (Wildman–Crippen LogP) is 3.25. The third kappa shape index (κ3) is 4.03. The van der Waals surface area contributed by atoms with Gasteiger partial charge in [-0.3, -0.25) is 9.59 Å². The van der Waals surface area contributed by atoms with E-state index >= 15 is 0 Å². The maximum Gasteiger partial charge on any atom is 0.253 e. The summed E-state index contributed by atoms with van der Waals surface area (Å²) in [6.45, 7) is 1.22. The molecular weight excluding hydrogens is 352 g/mol. The number of rotatable bonds is 5. The standard InChI is InChI=1S/C23H26N2O3/c1-25(20-11-18-13-22(26)24-14-19(18)12-20)23(27)17-9-7-16(8-10-17)15-28-21-5-3-2-4-6-21/h2-10,18-20H,11-15H2,1H3,(H,24,26)/t18-,19+,20-/m1/s1. The van der Waals surface area contributed by atoms with Gasteiger partial charge in [-0.25, -0.2) is 0 Å². The predicted molar refractivity (Wildman–Crippen MR) is 107 cm³/mol. The molecule has 0 bridgehead atoms. The molecule has 1 saturated heterocycles. The Bertz CT molecular complexity index is 835. The van der Waals surface area contributed by atoms with E-state index in [0.717, 1.165) is 30.7 Å². The van der Waals surface area contributed by atoms with Gasteiger partial charge in [0.15, 0.2) is 0 Å². The van der Waals surface area contributed by atoms with Crippen molar-refractivity contribution in [3.63, 3.8) is 0 Å². The van der Waals surface area contributed by atoms with Gasteiger partial charge in [0.05, 0.1) is 0 Å². The molecular formula is C23H26N2O3. The fourth-order valence-electron chi connectivity index (χ4n) is 4.35. The number of nitrogens with one attached hydrogen (secondary N) is 1. The smallest absolute Gasteiger partial charge is 0.253 e. The van der Waals surface area contributed by atoms with Crippen molar-refractivity contribution in [2.45, 2.75) is 31.9 Å². The van der Waals surface area contributed by atoms with Crippen molar-refractivity contribution in [3.8, 4) is 5.75 Å². The minimum atomic E-state index is 0.0402. The molecule has 0 radical (unpaired) electrons. The first-order valence-corrected chi connectivity index (χ1v) is 9.91. The number of benzene rings is 2. The fraction of sp³-hybridized carbons (Fsp3) is 0.391. The molecule has 1 heterocycles. The Labute approximate surface area is 165 Å². The number of nitrogens with zero attached hydrogens (tertiary/aromatic N) is 1. The Kier molecular flexibility index (Phi) is 5.33. The van der Waals surface area contributed by atoms with Crippen LogP contribution in [0.3, 0.4) is 0 Å². The molecule has 2 amide bonds. The summed E-state index contributed by atoms with van der Waals surface area (Å²) in [5, 5.41) is 2.95. The van der Waals surface area contributed by atoms with Crippen molar-refractivity contribution >= 4 is 11.8 Å². The minimum Gasteiger partial charge on any atom is -0.489 e. The second kappa shape index (κ2) is 8.05. The molecule has 4 rings (SSSR count). The first kappa shape index (κ1) is 18.5. The third-order valence-electron chi connectivity index (χ3n) is 6.04. The lowest BCUT2D eigenvalue weighted by atomic mass is 9.89. The van der Waals surface area contributed by atoms with Crippen LogP contribution >= 0.6 is 0 Å². The molecule has 0 aromatic heterocycles. The Morgan fingerprint density at radius 3 is 2.54 bits per heavy atom. The van der Waals surface area contributed by atoms with Crippen molar-refractivity contribution in [2.75, 3.05) is 13.6 Å². The van der Waals surface area contributed by atoms with E-state index in [1.165, 1.54) is 0 Å². The molecule has 1 aliphatic heterocycles. The lowest BCUT2D eigenvalue weighted by Gasteiger charge is -2.25. The number of hydrogen-bond acceptors (Lipinski definition) is 3. The molecule has 2 aromatic carbocycles. The molecule has 1 N–H and O–H groups in total. The second-order valence-corrected chi connectivity index (χ2v) is 7.87. The van der Waals surface area contributed by atoms with Crippen LogP contribution in [0.4, 0.5) is 0 Å². The highest BCUT2D eigenvalue weighted by molar-refractivity contribution is 5.94. The molecule has 0 spiro atoms. The Hall–Kier alpha value is -2.82. The summed E-state index contributed by atoms with van der Waals surface area (Å²) in [5.41, 5.74) is 1.72. The topological polar surface area (TPSA) is 58.6 Å². The zero-order chi connectivity index (χ0) is 19.5. The van der Waals surface area contributed by atoms with Gasteiger partial charge in [0.1, 0.15) is 12.4 Å². The summed E-state index contributed by atoms with van der Waals surface area (Å²) in [6.07, 6.45) is 2.48. The lowest BCUT2D eigenvalue weighted by molar-refractivity contribution is -0.124. The molecule has 146 valence electrons. The van der Waals surface area contributed by atoms with E-state index in [9.17, 15) is 9.59 Å². The summed E-state index contributed by atoms with van der Waals surface area (Å²) in [5.74, 6) is 1.92. The minimum absolute atomic E-state index is 0.0402. The van der Waals surface area contributed by atoms with Crippen LogP contribution in [-0.2, 0) is 11.4 Å². The van der Waals surface area contributed by atoms with Crippen LogP contribution in [0.2, 0.25) is 0 Å². The Morgan fingerprint density at radius 1 is 1.07 bits per heavy atom. The van der Waals surface area contributed by atoms with Crippen LogP contribution in [0.1, 0.15) is 35.2 Å². The number of amides is 2. The van der Waals surface area contributed by atoms with Crippen LogP contribution in [0.15, 0.2) is 54.6 Å². The van der Waals surface area contributed by atoms with E-state index < -0.39 is 0 Å². The number of hydrogen-bond donors (Lipinski definition) is 1. The maximum absolute atomic E-state index is 12.9. The third-order valence-corrected chi connectivity index (χ3v) is 6.04. The van der Waals surface area contributed by atoms with Gasteiger partial charge in [0.25, 0.3) is 5.91 Å². The van der Waals surface area contributed by atoms with Gasteiger partial charge < -0.3 is 15.0 Å². The molecule has 2 aliphatic rings. The number of carbonyl (C=O) groups is 2. The number of piperidine rings is 1. The molecule has 28 heavy (non-hydrogen) atoms. The summed E-state index contributed by atoms with van der Waals surface area (Å²) in [4.78, 5) is 26.4. The largest absolute Gasteiger partial charge is 0.489 e. The van der Waals surface area contributed by atoms with Crippen LogP contribution < -0.4 is 10.1 Å². The van der Waals surface area contributed by atoms with Gasteiger partial charge in [0.2, 0.25) is 5.91 Å². The monoisotopic (exact) mass is 378 g/mol. The lowest BCUT2D eigenvalue weighted by Crippen LogP contribution is -2.38. The van der Waals surface area contributed by atoms with E-state index in [4.69, 9.17) is 4.74 Å². The number of fused-ring (bicyclic) bond motifs is 1. The van der Waals surface area contributed by atoms with Crippen molar-refractivity contribution < 1.29 is 14.3 Å². The number of ether oxygens (including phenoxy) is 1. The molecule has 1 aliphatic carbocycles. The van der Waals surface area contributed by atoms with E-state index in [-0.39, 0.29) is 17.9 Å². The number of para-hydroxylation sites is 1. The van der Waals surface area contributed by atoms with Gasteiger partial charge in [-0.15, -0.1) is 0 Å². The zero-order valence-corrected chi connectivity index (χ0v) is 16.1. The van der Waals surface area contributed by atoms with Gasteiger partial charge in [-0.05, 0) is 54.5 Å². The summed E-state index contributed by atoms with van der Waals surface area (Å²) in [7, 11) is 1.88. The van der Waals surface area contributed by atoms with Gasteiger partial charge in [-0.2, -0.15) is 0 Å². The average molecular weight is 378 g/mol. The maximum atomic E-state index is 12.9.